The maximum Gasteiger partial charge on any atom is 0.307 e. The van der Waals surface area contributed by atoms with E-state index in [4.69, 9.17) is 9.15 Å². The predicted molar refractivity (Wildman–Crippen MR) is 73.3 cm³/mol. The largest absolute Gasteiger partial charge is 0.466 e. The Morgan fingerprint density at radius 1 is 1.29 bits per heavy atom. The minimum absolute atomic E-state index is 0.152. The van der Waals surface area contributed by atoms with Gasteiger partial charge in [-0.3, -0.25) is 9.59 Å². The first-order valence-electron chi connectivity index (χ1n) is 6.51. The van der Waals surface area contributed by atoms with Crippen molar-refractivity contribution in [2.24, 2.45) is 0 Å². The monoisotopic (exact) mass is 289 g/mol. The third-order valence-electron chi connectivity index (χ3n) is 2.67. The zero-order valence-electron chi connectivity index (χ0n) is 11.5. The smallest absolute Gasteiger partial charge is 0.307 e. The van der Waals surface area contributed by atoms with E-state index >= 15 is 0 Å². The molecule has 0 fully saturated rings. The second-order valence-corrected chi connectivity index (χ2v) is 4.13. The number of hydrogen-bond donors (Lipinski definition) is 1. The molecule has 0 aliphatic heterocycles. The van der Waals surface area contributed by atoms with E-state index in [1.165, 1.54) is 6.39 Å². The Labute approximate surface area is 121 Å². The molecular weight excluding hydrogens is 274 g/mol. The zero-order chi connectivity index (χ0) is 15.1. The summed E-state index contributed by atoms with van der Waals surface area (Å²) in [6, 6.07) is 6.74. The van der Waals surface area contributed by atoms with Gasteiger partial charge in [-0.2, -0.15) is 0 Å². The van der Waals surface area contributed by atoms with Crippen molar-refractivity contribution in [3.05, 3.63) is 36.2 Å². The summed E-state index contributed by atoms with van der Waals surface area (Å²) in [5.74, 6) is -0.190. The van der Waals surface area contributed by atoms with E-state index in [-0.39, 0.29) is 24.8 Å². The van der Waals surface area contributed by atoms with E-state index in [1.54, 1.807) is 31.2 Å². The SMILES string of the molecule is CCOC(=O)CCNC(=O)c1ccc(-c2nnco2)cc1. The van der Waals surface area contributed by atoms with E-state index in [0.717, 1.165) is 5.56 Å². The second kappa shape index (κ2) is 7.18. The molecule has 1 amide bonds. The standard InChI is InChI=1S/C14H15N3O4/c1-2-20-12(18)7-8-15-13(19)10-3-5-11(6-4-10)14-17-16-9-21-14/h3-6,9H,2,7-8H2,1H3,(H,15,19). The van der Waals surface area contributed by atoms with Crippen LogP contribution < -0.4 is 5.32 Å². The summed E-state index contributed by atoms with van der Waals surface area (Å²) >= 11 is 0. The number of nitrogens with zero attached hydrogens (tertiary/aromatic N) is 2. The number of hydrogen-bond acceptors (Lipinski definition) is 6. The summed E-state index contributed by atoms with van der Waals surface area (Å²) in [5, 5.41) is 10.0. The molecule has 1 aromatic carbocycles. The minimum atomic E-state index is -0.329. The molecular formula is C14H15N3O4. The van der Waals surface area contributed by atoms with Gasteiger partial charge in [0.2, 0.25) is 12.3 Å². The van der Waals surface area contributed by atoms with Gasteiger partial charge < -0.3 is 14.5 Å². The van der Waals surface area contributed by atoms with Gasteiger partial charge in [-0.15, -0.1) is 10.2 Å². The lowest BCUT2D eigenvalue weighted by Crippen LogP contribution is -2.26. The van der Waals surface area contributed by atoms with Crippen LogP contribution in [0.25, 0.3) is 11.5 Å². The average Bonchev–Trinajstić information content (AvgIpc) is 3.02. The molecule has 0 radical (unpaired) electrons. The molecule has 110 valence electrons. The molecule has 0 unspecified atom stereocenters. The highest BCUT2D eigenvalue weighted by molar-refractivity contribution is 5.94. The number of benzene rings is 1. The molecule has 1 N–H and O–H groups in total. The van der Waals surface area contributed by atoms with Gasteiger partial charge in [0.05, 0.1) is 13.0 Å². The molecule has 0 saturated carbocycles. The number of carbonyl (C=O) groups excluding carboxylic acids is 2. The lowest BCUT2D eigenvalue weighted by atomic mass is 10.1. The molecule has 7 heteroatoms. The fourth-order valence-corrected chi connectivity index (χ4v) is 1.68. The van der Waals surface area contributed by atoms with E-state index in [9.17, 15) is 9.59 Å². The highest BCUT2D eigenvalue weighted by Crippen LogP contribution is 2.16. The summed E-state index contributed by atoms with van der Waals surface area (Å²) in [4.78, 5) is 23.0. The maximum atomic E-state index is 11.9. The van der Waals surface area contributed by atoms with Gasteiger partial charge in [0.15, 0.2) is 0 Å². The van der Waals surface area contributed by atoms with Crippen molar-refractivity contribution in [1.82, 2.24) is 15.5 Å². The van der Waals surface area contributed by atoms with Gasteiger partial charge in [0.1, 0.15) is 0 Å². The van der Waals surface area contributed by atoms with Crippen molar-refractivity contribution in [3.63, 3.8) is 0 Å². The van der Waals surface area contributed by atoms with Crippen LogP contribution in [-0.4, -0.2) is 35.2 Å². The van der Waals surface area contributed by atoms with Crippen LogP contribution >= 0.6 is 0 Å². The van der Waals surface area contributed by atoms with Crippen LogP contribution in [0.1, 0.15) is 23.7 Å². The molecule has 2 rings (SSSR count). The molecule has 0 aliphatic rings. The number of nitrogens with one attached hydrogen (secondary N) is 1. The number of carbonyl (C=O) groups is 2. The van der Waals surface area contributed by atoms with Crippen LogP contribution in [0.3, 0.4) is 0 Å². The van der Waals surface area contributed by atoms with Crippen molar-refractivity contribution < 1.29 is 18.7 Å². The lowest BCUT2D eigenvalue weighted by molar-refractivity contribution is -0.142. The first kappa shape index (κ1) is 14.7. The van der Waals surface area contributed by atoms with Crippen LogP contribution in [-0.2, 0) is 9.53 Å². The van der Waals surface area contributed by atoms with Crippen LogP contribution in [0.15, 0.2) is 35.1 Å². The Balaban J connectivity index is 1.87. The second-order valence-electron chi connectivity index (χ2n) is 4.13. The summed E-state index contributed by atoms with van der Waals surface area (Å²) in [6.07, 6.45) is 1.39. The van der Waals surface area contributed by atoms with Gasteiger partial charge in [0.25, 0.3) is 5.91 Å². The van der Waals surface area contributed by atoms with Gasteiger partial charge in [-0.25, -0.2) is 0 Å². The molecule has 7 nitrogen and oxygen atoms in total. The van der Waals surface area contributed by atoms with Gasteiger partial charge in [-0.05, 0) is 31.2 Å². The number of amides is 1. The molecule has 1 heterocycles. The van der Waals surface area contributed by atoms with Crippen LogP contribution in [0.4, 0.5) is 0 Å². The fourth-order valence-electron chi connectivity index (χ4n) is 1.68. The highest BCUT2D eigenvalue weighted by Gasteiger charge is 2.09. The normalized spacial score (nSPS) is 10.1. The third-order valence-corrected chi connectivity index (χ3v) is 2.67. The molecule has 1 aromatic heterocycles. The van der Waals surface area contributed by atoms with E-state index in [2.05, 4.69) is 15.5 Å². The van der Waals surface area contributed by atoms with Gasteiger partial charge >= 0.3 is 5.97 Å². The molecule has 2 aromatic rings. The first-order chi connectivity index (χ1) is 10.2. The first-order valence-corrected chi connectivity index (χ1v) is 6.51. The number of esters is 1. The van der Waals surface area contributed by atoms with E-state index in [0.29, 0.717) is 18.1 Å². The van der Waals surface area contributed by atoms with Crippen LogP contribution in [0, 0.1) is 0 Å². The average molecular weight is 289 g/mol. The number of rotatable bonds is 6. The summed E-state index contributed by atoms with van der Waals surface area (Å²) < 4.78 is 9.83. The van der Waals surface area contributed by atoms with Crippen LogP contribution in [0.5, 0.6) is 0 Å². The fraction of sp³-hybridized carbons (Fsp3) is 0.286. The molecule has 0 atom stereocenters. The number of ether oxygens (including phenoxy) is 1. The van der Waals surface area contributed by atoms with Gasteiger partial charge in [0, 0.05) is 17.7 Å². The summed E-state index contributed by atoms with van der Waals surface area (Å²) in [7, 11) is 0. The summed E-state index contributed by atoms with van der Waals surface area (Å²) in [5.41, 5.74) is 1.22. The Morgan fingerprint density at radius 3 is 2.67 bits per heavy atom. The van der Waals surface area contributed by atoms with E-state index < -0.39 is 0 Å². The Kier molecular flexibility index (Phi) is 5.03. The Bertz CT molecular complexity index is 593. The predicted octanol–water partition coefficient (Wildman–Crippen LogP) is 1.42. The van der Waals surface area contributed by atoms with Crippen molar-refractivity contribution in [2.75, 3.05) is 13.2 Å². The van der Waals surface area contributed by atoms with Gasteiger partial charge in [-0.1, -0.05) is 0 Å². The van der Waals surface area contributed by atoms with Crippen molar-refractivity contribution in [2.45, 2.75) is 13.3 Å². The van der Waals surface area contributed by atoms with Crippen molar-refractivity contribution >= 4 is 11.9 Å². The summed E-state index contributed by atoms with van der Waals surface area (Å²) in [6.45, 7) is 2.31. The zero-order valence-corrected chi connectivity index (χ0v) is 11.5. The third kappa shape index (κ3) is 4.13. The molecule has 0 aliphatic carbocycles. The molecule has 21 heavy (non-hydrogen) atoms. The van der Waals surface area contributed by atoms with Crippen LogP contribution in [0.2, 0.25) is 0 Å². The molecule has 0 spiro atoms. The topological polar surface area (TPSA) is 94.3 Å². The Hall–Kier alpha value is -2.70. The number of aromatic nitrogens is 2. The molecule has 0 bridgehead atoms. The lowest BCUT2D eigenvalue weighted by Gasteiger charge is -2.05. The van der Waals surface area contributed by atoms with Crippen molar-refractivity contribution in [1.29, 1.82) is 0 Å². The quantitative estimate of drug-likeness (QED) is 0.808. The van der Waals surface area contributed by atoms with Crippen molar-refractivity contribution in [3.8, 4) is 11.5 Å². The maximum absolute atomic E-state index is 11.9. The Morgan fingerprint density at radius 2 is 2.05 bits per heavy atom. The highest BCUT2D eigenvalue weighted by atomic mass is 16.5. The minimum Gasteiger partial charge on any atom is -0.466 e. The molecule has 0 saturated heterocycles. The van der Waals surface area contributed by atoms with E-state index in [1.807, 2.05) is 0 Å².